The average Bonchev–Trinajstić information content (AvgIpc) is 2.76. The average molecular weight is 286 g/mol. The second-order valence-electron chi connectivity index (χ2n) is 3.38. The van der Waals surface area contributed by atoms with Crippen molar-refractivity contribution in [2.45, 2.75) is 12.5 Å². The van der Waals surface area contributed by atoms with Gasteiger partial charge in [0.05, 0.1) is 11.7 Å². The number of thiophene rings is 1. The zero-order chi connectivity index (χ0) is 10.8. The van der Waals surface area contributed by atoms with Gasteiger partial charge < -0.3 is 5.73 Å². The van der Waals surface area contributed by atoms with E-state index in [1.54, 1.807) is 17.5 Å². The lowest BCUT2D eigenvalue weighted by atomic mass is 10.1. The minimum Gasteiger partial charge on any atom is -0.322 e. The maximum Gasteiger partial charge on any atom is 0.0551 e. The molecule has 0 aliphatic heterocycles. The van der Waals surface area contributed by atoms with Gasteiger partial charge in [0.15, 0.2) is 0 Å². The lowest BCUT2D eigenvalue weighted by Crippen LogP contribution is -2.16. The molecule has 0 fully saturated rings. The van der Waals surface area contributed by atoms with Crippen LogP contribution in [0.15, 0.2) is 28.2 Å². The first kappa shape index (κ1) is 10.9. The quantitative estimate of drug-likeness (QED) is 0.942. The molecule has 1 atom stereocenters. The molecule has 0 saturated heterocycles. The lowest BCUT2D eigenvalue weighted by Gasteiger charge is -2.11. The molecule has 2 aromatic heterocycles. The van der Waals surface area contributed by atoms with E-state index in [0.29, 0.717) is 0 Å². The van der Waals surface area contributed by atoms with E-state index in [2.05, 4.69) is 32.5 Å². The second-order valence-corrected chi connectivity index (χ2v) is 5.24. The van der Waals surface area contributed by atoms with Crippen LogP contribution in [0.5, 0.6) is 0 Å². The van der Waals surface area contributed by atoms with Crippen molar-refractivity contribution in [1.29, 1.82) is 0 Å². The second kappa shape index (κ2) is 4.47. The van der Waals surface area contributed by atoms with Crippen molar-refractivity contribution in [2.24, 2.45) is 12.8 Å². The fraction of sp³-hybridized carbons (Fsp3) is 0.300. The summed E-state index contributed by atoms with van der Waals surface area (Å²) in [6.45, 7) is 0. The molecule has 0 amide bonds. The van der Waals surface area contributed by atoms with Crippen molar-refractivity contribution in [2.75, 3.05) is 0 Å². The van der Waals surface area contributed by atoms with Gasteiger partial charge >= 0.3 is 0 Å². The Balaban J connectivity index is 2.14. The highest BCUT2D eigenvalue weighted by Crippen LogP contribution is 2.26. The van der Waals surface area contributed by atoms with Crippen LogP contribution >= 0.6 is 27.3 Å². The summed E-state index contributed by atoms with van der Waals surface area (Å²) in [4.78, 5) is 1.28. The largest absolute Gasteiger partial charge is 0.322 e. The zero-order valence-corrected chi connectivity index (χ0v) is 10.8. The predicted octanol–water partition coefficient (Wildman–Crippen LogP) is 2.49. The molecule has 2 aromatic rings. The molecule has 2 heterocycles. The Labute approximate surface area is 101 Å². The third-order valence-electron chi connectivity index (χ3n) is 2.34. The Morgan fingerprint density at radius 3 is 2.93 bits per heavy atom. The molecule has 0 aliphatic rings. The van der Waals surface area contributed by atoms with Crippen molar-refractivity contribution >= 4 is 27.3 Å². The molecule has 0 saturated carbocycles. The summed E-state index contributed by atoms with van der Waals surface area (Å²) in [5, 5.41) is 6.18. The molecule has 0 aromatic carbocycles. The Morgan fingerprint density at radius 2 is 2.40 bits per heavy atom. The van der Waals surface area contributed by atoms with Crippen LogP contribution in [0.25, 0.3) is 0 Å². The van der Waals surface area contributed by atoms with Crippen LogP contribution in [0.3, 0.4) is 0 Å². The Morgan fingerprint density at radius 1 is 1.60 bits per heavy atom. The molecule has 2 N–H and O–H groups in total. The van der Waals surface area contributed by atoms with Crippen LogP contribution in [0, 0.1) is 0 Å². The Kier molecular flexibility index (Phi) is 3.23. The van der Waals surface area contributed by atoms with Gasteiger partial charge in [-0.05, 0) is 33.4 Å². The molecule has 2 rings (SSSR count). The highest BCUT2D eigenvalue weighted by molar-refractivity contribution is 9.10. The maximum absolute atomic E-state index is 6.13. The number of aryl methyl sites for hydroxylation is 1. The fourth-order valence-electron chi connectivity index (χ4n) is 1.52. The van der Waals surface area contributed by atoms with E-state index in [9.17, 15) is 0 Å². The highest BCUT2D eigenvalue weighted by Gasteiger charge is 2.13. The highest BCUT2D eigenvalue weighted by atomic mass is 79.9. The SMILES string of the molecule is Cn1nccc1C(N)Cc1sccc1Br. The zero-order valence-electron chi connectivity index (χ0n) is 8.35. The monoisotopic (exact) mass is 285 g/mol. The number of rotatable bonds is 3. The van der Waals surface area contributed by atoms with Crippen LogP contribution < -0.4 is 5.73 Å². The molecule has 1 unspecified atom stereocenters. The van der Waals surface area contributed by atoms with Gasteiger partial charge in [0.25, 0.3) is 0 Å². The van der Waals surface area contributed by atoms with Crippen LogP contribution in [0.1, 0.15) is 16.6 Å². The van der Waals surface area contributed by atoms with Gasteiger partial charge in [-0.1, -0.05) is 0 Å². The lowest BCUT2D eigenvalue weighted by molar-refractivity contribution is 0.620. The minimum absolute atomic E-state index is 0.00690. The first-order chi connectivity index (χ1) is 7.18. The molecule has 3 nitrogen and oxygen atoms in total. The van der Waals surface area contributed by atoms with Crippen molar-refractivity contribution in [3.05, 3.63) is 38.8 Å². The van der Waals surface area contributed by atoms with Crippen LogP contribution in [0.4, 0.5) is 0 Å². The molecule has 0 spiro atoms. The summed E-state index contributed by atoms with van der Waals surface area (Å²) in [5.74, 6) is 0. The molecule has 0 bridgehead atoms. The molecular formula is C10H12BrN3S. The third kappa shape index (κ3) is 2.30. The predicted molar refractivity (Wildman–Crippen MR) is 65.9 cm³/mol. The van der Waals surface area contributed by atoms with E-state index < -0.39 is 0 Å². The van der Waals surface area contributed by atoms with Crippen molar-refractivity contribution < 1.29 is 0 Å². The molecule has 80 valence electrons. The maximum atomic E-state index is 6.13. The third-order valence-corrected chi connectivity index (χ3v) is 4.28. The smallest absolute Gasteiger partial charge is 0.0551 e. The van der Waals surface area contributed by atoms with Crippen LogP contribution in [0.2, 0.25) is 0 Å². The van der Waals surface area contributed by atoms with Gasteiger partial charge in [-0.2, -0.15) is 5.10 Å². The van der Waals surface area contributed by atoms with Gasteiger partial charge in [0.2, 0.25) is 0 Å². The number of aromatic nitrogens is 2. The number of nitrogens with zero attached hydrogens (tertiary/aromatic N) is 2. The van der Waals surface area contributed by atoms with Gasteiger partial charge in [0, 0.05) is 29.0 Å². The van der Waals surface area contributed by atoms with Gasteiger partial charge in [0.1, 0.15) is 0 Å². The summed E-state index contributed by atoms with van der Waals surface area (Å²) in [7, 11) is 1.92. The van der Waals surface area contributed by atoms with E-state index in [0.717, 1.165) is 16.6 Å². The topological polar surface area (TPSA) is 43.8 Å². The van der Waals surface area contributed by atoms with E-state index >= 15 is 0 Å². The van der Waals surface area contributed by atoms with E-state index in [1.165, 1.54) is 4.88 Å². The van der Waals surface area contributed by atoms with Gasteiger partial charge in [-0.15, -0.1) is 11.3 Å². The Hall–Kier alpha value is -0.650. The van der Waals surface area contributed by atoms with Crippen LogP contribution in [-0.4, -0.2) is 9.78 Å². The fourth-order valence-corrected chi connectivity index (χ4v) is 3.10. The summed E-state index contributed by atoms with van der Waals surface area (Å²) in [6.07, 6.45) is 2.62. The number of nitrogens with two attached hydrogens (primary N) is 1. The standard InChI is InChI=1S/C10H12BrN3S/c1-14-9(2-4-13-14)8(12)6-10-7(11)3-5-15-10/h2-5,8H,6,12H2,1H3. The molecule has 5 heteroatoms. The number of hydrogen-bond donors (Lipinski definition) is 1. The number of halogens is 1. The first-order valence-electron chi connectivity index (χ1n) is 4.64. The first-order valence-corrected chi connectivity index (χ1v) is 6.31. The summed E-state index contributed by atoms with van der Waals surface area (Å²) in [6, 6.07) is 4.02. The van der Waals surface area contributed by atoms with Crippen molar-refractivity contribution in [3.63, 3.8) is 0 Å². The van der Waals surface area contributed by atoms with E-state index in [1.807, 2.05) is 17.8 Å². The summed E-state index contributed by atoms with van der Waals surface area (Å²) < 4.78 is 2.97. The minimum atomic E-state index is 0.00690. The van der Waals surface area contributed by atoms with Crippen molar-refractivity contribution in [3.8, 4) is 0 Å². The summed E-state index contributed by atoms with van der Waals surface area (Å²) in [5.41, 5.74) is 7.19. The molecule has 0 radical (unpaired) electrons. The Bertz CT molecular complexity index is 449. The molecule has 15 heavy (non-hydrogen) atoms. The normalized spacial score (nSPS) is 13.0. The van der Waals surface area contributed by atoms with Crippen molar-refractivity contribution in [1.82, 2.24) is 9.78 Å². The number of hydrogen-bond acceptors (Lipinski definition) is 3. The van der Waals surface area contributed by atoms with E-state index in [-0.39, 0.29) is 6.04 Å². The van der Waals surface area contributed by atoms with Gasteiger partial charge in [-0.25, -0.2) is 0 Å². The van der Waals surface area contributed by atoms with Gasteiger partial charge in [-0.3, -0.25) is 4.68 Å². The summed E-state index contributed by atoms with van der Waals surface area (Å²) >= 11 is 5.23. The van der Waals surface area contributed by atoms with Crippen LogP contribution in [-0.2, 0) is 13.5 Å². The van der Waals surface area contributed by atoms with E-state index in [4.69, 9.17) is 5.73 Å². The molecule has 0 aliphatic carbocycles. The molecular weight excluding hydrogens is 274 g/mol.